The Hall–Kier alpha value is -0.710. The molecule has 0 fully saturated rings. The summed E-state index contributed by atoms with van der Waals surface area (Å²) in [4.78, 5) is 1.27. The SMILES string of the molecule is Cc1cc2cc(CS(=O)O)ccc2s1. The Bertz CT molecular complexity index is 488. The number of aryl methyl sites for hydroxylation is 1. The van der Waals surface area contributed by atoms with Crippen LogP contribution in [0.15, 0.2) is 24.3 Å². The summed E-state index contributed by atoms with van der Waals surface area (Å²) >= 11 is -0.00789. The molecule has 14 heavy (non-hydrogen) atoms. The van der Waals surface area contributed by atoms with Crippen molar-refractivity contribution in [3.8, 4) is 0 Å². The van der Waals surface area contributed by atoms with Crippen LogP contribution in [-0.4, -0.2) is 8.76 Å². The summed E-state index contributed by atoms with van der Waals surface area (Å²) in [6.45, 7) is 2.06. The zero-order chi connectivity index (χ0) is 10.1. The van der Waals surface area contributed by atoms with Gasteiger partial charge in [0.1, 0.15) is 0 Å². The van der Waals surface area contributed by atoms with Gasteiger partial charge in [0, 0.05) is 9.58 Å². The van der Waals surface area contributed by atoms with E-state index < -0.39 is 11.1 Å². The number of fused-ring (bicyclic) bond motifs is 1. The lowest BCUT2D eigenvalue weighted by molar-refractivity contribution is 0.563. The van der Waals surface area contributed by atoms with Crippen LogP contribution in [0.4, 0.5) is 0 Å². The minimum atomic E-state index is -1.75. The number of hydrogen-bond donors (Lipinski definition) is 1. The van der Waals surface area contributed by atoms with E-state index >= 15 is 0 Å². The highest BCUT2D eigenvalue weighted by molar-refractivity contribution is 7.78. The van der Waals surface area contributed by atoms with Crippen molar-refractivity contribution in [1.82, 2.24) is 0 Å². The Morgan fingerprint density at radius 1 is 1.43 bits per heavy atom. The topological polar surface area (TPSA) is 37.3 Å². The molecular formula is C10H10O2S2. The molecule has 0 aliphatic rings. The van der Waals surface area contributed by atoms with Gasteiger partial charge in [-0.1, -0.05) is 6.07 Å². The van der Waals surface area contributed by atoms with Crippen LogP contribution in [0.25, 0.3) is 10.1 Å². The van der Waals surface area contributed by atoms with Crippen molar-refractivity contribution in [2.24, 2.45) is 0 Å². The standard InChI is InChI=1S/C10H10O2S2/c1-7-4-9-5-8(6-14(11)12)2-3-10(9)13-7/h2-5H,6H2,1H3,(H,11,12). The van der Waals surface area contributed by atoms with Gasteiger partial charge in [-0.25, -0.2) is 4.21 Å². The van der Waals surface area contributed by atoms with E-state index in [4.69, 9.17) is 4.55 Å². The molecule has 1 aromatic heterocycles. The zero-order valence-electron chi connectivity index (χ0n) is 7.69. The van der Waals surface area contributed by atoms with Gasteiger partial charge in [0.25, 0.3) is 0 Å². The molecule has 1 unspecified atom stereocenters. The molecule has 0 aliphatic carbocycles. The average molecular weight is 226 g/mol. The second-order valence-electron chi connectivity index (χ2n) is 3.20. The fourth-order valence-electron chi connectivity index (χ4n) is 1.46. The molecule has 0 spiro atoms. The minimum Gasteiger partial charge on any atom is -0.306 e. The first-order valence-electron chi connectivity index (χ1n) is 4.22. The highest BCUT2D eigenvalue weighted by Gasteiger charge is 2.02. The predicted octanol–water partition coefficient (Wildman–Crippen LogP) is 2.93. The molecule has 4 heteroatoms. The highest BCUT2D eigenvalue weighted by Crippen LogP contribution is 2.25. The van der Waals surface area contributed by atoms with Crippen LogP contribution in [0.5, 0.6) is 0 Å². The average Bonchev–Trinajstić information content (AvgIpc) is 2.42. The van der Waals surface area contributed by atoms with Crippen LogP contribution < -0.4 is 0 Å². The van der Waals surface area contributed by atoms with Gasteiger partial charge in [-0.05, 0) is 36.1 Å². The summed E-state index contributed by atoms with van der Waals surface area (Å²) in [5.74, 6) is 0.213. The fraction of sp³-hybridized carbons (Fsp3) is 0.200. The van der Waals surface area contributed by atoms with Crippen molar-refractivity contribution in [2.75, 3.05) is 0 Å². The lowest BCUT2D eigenvalue weighted by atomic mass is 10.2. The molecule has 2 aromatic rings. The van der Waals surface area contributed by atoms with Crippen LogP contribution in [0, 0.1) is 6.92 Å². The molecule has 0 aliphatic heterocycles. The molecular weight excluding hydrogens is 216 g/mol. The molecule has 74 valence electrons. The predicted molar refractivity (Wildman–Crippen MR) is 61.0 cm³/mol. The first kappa shape index (κ1) is 9.83. The maximum absolute atomic E-state index is 10.6. The van der Waals surface area contributed by atoms with Gasteiger partial charge < -0.3 is 4.55 Å². The lowest BCUT2D eigenvalue weighted by Crippen LogP contribution is -1.91. The summed E-state index contributed by atoms with van der Waals surface area (Å²) in [6, 6.07) is 8.00. The molecule has 0 radical (unpaired) electrons. The Morgan fingerprint density at radius 2 is 2.21 bits per heavy atom. The molecule has 1 heterocycles. The van der Waals surface area contributed by atoms with E-state index in [1.54, 1.807) is 11.3 Å². The molecule has 1 aromatic carbocycles. The van der Waals surface area contributed by atoms with Crippen molar-refractivity contribution in [3.05, 3.63) is 34.7 Å². The third kappa shape index (κ3) is 2.03. The van der Waals surface area contributed by atoms with E-state index in [0.717, 1.165) is 10.9 Å². The summed E-state index contributed by atoms with van der Waals surface area (Å²) in [5.41, 5.74) is 0.913. The third-order valence-electron chi connectivity index (χ3n) is 1.99. The first-order valence-corrected chi connectivity index (χ1v) is 6.31. The van der Waals surface area contributed by atoms with Gasteiger partial charge >= 0.3 is 0 Å². The summed E-state index contributed by atoms with van der Waals surface area (Å²) < 4.78 is 20.6. The van der Waals surface area contributed by atoms with Crippen molar-refractivity contribution in [1.29, 1.82) is 0 Å². The fourth-order valence-corrected chi connectivity index (χ4v) is 2.83. The molecule has 0 saturated carbocycles. The van der Waals surface area contributed by atoms with Crippen molar-refractivity contribution in [3.63, 3.8) is 0 Å². The van der Waals surface area contributed by atoms with Gasteiger partial charge in [-0.2, -0.15) is 0 Å². The van der Waals surface area contributed by atoms with E-state index in [1.807, 2.05) is 18.2 Å². The second kappa shape index (κ2) is 3.81. The normalized spacial score (nSPS) is 13.3. The van der Waals surface area contributed by atoms with Crippen molar-refractivity contribution < 1.29 is 8.76 Å². The first-order chi connectivity index (χ1) is 6.65. The Balaban J connectivity index is 2.45. The van der Waals surface area contributed by atoms with Crippen LogP contribution in [0.1, 0.15) is 10.4 Å². The maximum atomic E-state index is 10.6. The molecule has 2 rings (SSSR count). The minimum absolute atomic E-state index is 0.213. The molecule has 0 bridgehead atoms. The molecule has 2 nitrogen and oxygen atoms in total. The maximum Gasteiger partial charge on any atom is 0.157 e. The van der Waals surface area contributed by atoms with Crippen LogP contribution >= 0.6 is 11.3 Å². The van der Waals surface area contributed by atoms with E-state index in [0.29, 0.717) is 0 Å². The summed E-state index contributed by atoms with van der Waals surface area (Å²) in [6.07, 6.45) is 0. The van der Waals surface area contributed by atoms with Crippen LogP contribution in [0.2, 0.25) is 0 Å². The summed E-state index contributed by atoms with van der Waals surface area (Å²) in [7, 11) is 0. The van der Waals surface area contributed by atoms with Gasteiger partial charge in [-0.3, -0.25) is 0 Å². The van der Waals surface area contributed by atoms with E-state index in [1.165, 1.54) is 9.58 Å². The smallest absolute Gasteiger partial charge is 0.157 e. The molecule has 1 N–H and O–H groups in total. The van der Waals surface area contributed by atoms with Gasteiger partial charge in [0.05, 0.1) is 5.75 Å². The van der Waals surface area contributed by atoms with Crippen LogP contribution in [0.3, 0.4) is 0 Å². The van der Waals surface area contributed by atoms with Crippen LogP contribution in [-0.2, 0) is 16.8 Å². The summed E-state index contributed by atoms with van der Waals surface area (Å²) in [5, 5.41) is 1.16. The lowest BCUT2D eigenvalue weighted by Gasteiger charge is -1.96. The van der Waals surface area contributed by atoms with Crippen molar-refractivity contribution in [2.45, 2.75) is 12.7 Å². The van der Waals surface area contributed by atoms with E-state index in [9.17, 15) is 4.21 Å². The molecule has 0 amide bonds. The zero-order valence-corrected chi connectivity index (χ0v) is 9.32. The van der Waals surface area contributed by atoms with Gasteiger partial charge in [-0.15, -0.1) is 11.3 Å². The third-order valence-corrected chi connectivity index (χ3v) is 3.61. The number of hydrogen-bond acceptors (Lipinski definition) is 2. The Morgan fingerprint density at radius 3 is 2.93 bits per heavy atom. The Labute approximate surface area is 88.9 Å². The van der Waals surface area contributed by atoms with Gasteiger partial charge in [0.2, 0.25) is 0 Å². The monoisotopic (exact) mass is 226 g/mol. The van der Waals surface area contributed by atoms with Gasteiger partial charge in [0.15, 0.2) is 11.1 Å². The Kier molecular flexibility index (Phi) is 2.67. The number of thiophene rings is 1. The van der Waals surface area contributed by atoms with E-state index in [2.05, 4.69) is 13.0 Å². The highest BCUT2D eigenvalue weighted by atomic mass is 32.2. The molecule has 0 saturated heterocycles. The quantitative estimate of drug-likeness (QED) is 0.799. The van der Waals surface area contributed by atoms with Crippen molar-refractivity contribution >= 4 is 32.5 Å². The number of benzene rings is 1. The number of rotatable bonds is 2. The van der Waals surface area contributed by atoms with E-state index in [-0.39, 0.29) is 5.75 Å². The largest absolute Gasteiger partial charge is 0.306 e. The second-order valence-corrected chi connectivity index (χ2v) is 5.41. The molecule has 1 atom stereocenters.